The zero-order chi connectivity index (χ0) is 43.2. The van der Waals surface area contributed by atoms with Gasteiger partial charge >= 0.3 is 7.82 Å². The minimum atomic E-state index is -4.79. The van der Waals surface area contributed by atoms with E-state index < -0.39 is 7.82 Å². The zero-order valence-electron chi connectivity index (χ0n) is 36.3. The maximum absolute atomic E-state index is 10.9. The van der Waals surface area contributed by atoms with Crippen LogP contribution in [0, 0.1) is 5.92 Å². The van der Waals surface area contributed by atoms with E-state index in [1.54, 1.807) is 12.1 Å². The smallest absolute Gasteiger partial charge is 0.317 e. The number of fused-ring (bicyclic) bond motifs is 4. The number of benzene rings is 4. The summed E-state index contributed by atoms with van der Waals surface area (Å²) in [6, 6.07) is 27.8. The number of para-hydroxylation sites is 1. The van der Waals surface area contributed by atoms with E-state index >= 15 is 0 Å². The topological polar surface area (TPSA) is 144 Å². The minimum Gasteiger partial charge on any atom is -0.746 e. The summed E-state index contributed by atoms with van der Waals surface area (Å²) in [5.41, 5.74) is 11.1. The number of nitrogens with one attached hydrogen (secondary N) is 3. The van der Waals surface area contributed by atoms with E-state index in [1.165, 1.54) is 64.1 Å². The van der Waals surface area contributed by atoms with Gasteiger partial charge in [-0.25, -0.2) is 0 Å². The number of phenols is 1. The molecule has 10 nitrogen and oxygen atoms in total. The number of phosphoric acid groups is 1. The lowest BCUT2D eigenvalue weighted by atomic mass is 10.0. The molecule has 1 aliphatic rings. The summed E-state index contributed by atoms with van der Waals surface area (Å²) in [7, 11) is 3.56. The van der Waals surface area contributed by atoms with Gasteiger partial charge in [0, 0.05) is 64.4 Å². The van der Waals surface area contributed by atoms with Gasteiger partial charge in [-0.15, -0.1) is 0 Å². The maximum atomic E-state index is 10.9. The molecule has 4 aromatic carbocycles. The second-order valence-corrected chi connectivity index (χ2v) is 17.4. The van der Waals surface area contributed by atoms with E-state index in [1.807, 2.05) is 30.6 Å². The standard InChI is InChI=1S/C13H18NO4P.C13H17N.C12H16N2O.C11H13N/c1-9(2)6-7-10-8-14-11-4-3-5-12(13(10)11)18-19(15,16)17;1-14(2)10-9-12-8-7-11-5-3-4-6-13(11)12;1-14(2)7-6-9-8-13-10-4-3-5-11(15)12(9)10;1-2-5-9-8-12-11-7-4-3-6-10(9)11/h3-5,8-9,14H,6-7H2,1-2H3,(H2,15,16,17);3-6,8H,7,9-10H2,1-2H3;3-5,8,13,15H,6-7H2,1-2H3;3-4,6-8,12H,2,5H2,1H3/p-1. The normalized spacial score (nSPS) is 13.0. The van der Waals surface area contributed by atoms with Gasteiger partial charge in [-0.1, -0.05) is 87.9 Å². The Morgan fingerprint density at radius 3 is 1.98 bits per heavy atom. The molecule has 320 valence electrons. The van der Waals surface area contributed by atoms with Crippen molar-refractivity contribution in [3.05, 3.63) is 137 Å². The van der Waals surface area contributed by atoms with E-state index in [2.05, 4.69) is 139 Å². The van der Waals surface area contributed by atoms with Crippen LogP contribution < -0.4 is 9.42 Å². The average Bonchev–Trinajstić information content (AvgIpc) is 4.02. The van der Waals surface area contributed by atoms with E-state index in [-0.39, 0.29) is 5.75 Å². The van der Waals surface area contributed by atoms with E-state index in [0.29, 0.717) is 17.1 Å². The molecule has 0 bridgehead atoms. The maximum Gasteiger partial charge on any atom is 0.317 e. The highest BCUT2D eigenvalue weighted by molar-refractivity contribution is 7.45. The number of hydrogen-bond acceptors (Lipinski definition) is 6. The SMILES string of the molecule is CC(C)CCc1c[nH]c2cccc(OP(=O)([O-])O)c12.CCCc1c[nH]c2ccccc12.CN(C)CCC1=CCc2ccccc21.CN(C)CCc1c[nH]c2cccc(O)c12. The number of phosphoric ester groups is 1. The van der Waals surface area contributed by atoms with Gasteiger partial charge in [-0.05, 0) is 136 Å². The van der Waals surface area contributed by atoms with Gasteiger partial charge in [0.1, 0.15) is 11.5 Å². The van der Waals surface area contributed by atoms with Crippen LogP contribution >= 0.6 is 7.82 Å². The second-order valence-electron chi connectivity index (χ2n) is 16.3. The Bertz CT molecular complexity index is 2490. The first-order valence-electron chi connectivity index (χ1n) is 21.0. The molecule has 3 aromatic heterocycles. The molecular formula is C49H63N5O5P-. The first-order chi connectivity index (χ1) is 28.7. The van der Waals surface area contributed by atoms with Crippen molar-refractivity contribution < 1.29 is 24.0 Å². The van der Waals surface area contributed by atoms with Gasteiger partial charge in [-0.2, -0.15) is 0 Å². The summed E-state index contributed by atoms with van der Waals surface area (Å²) in [6.07, 6.45) is 15.8. The Kier molecular flexibility index (Phi) is 16.8. The number of allylic oxidation sites excluding steroid dienone is 1. The summed E-state index contributed by atoms with van der Waals surface area (Å²) in [6.45, 7) is 8.60. The van der Waals surface area contributed by atoms with Crippen LogP contribution in [-0.2, 0) is 30.2 Å². The van der Waals surface area contributed by atoms with Crippen molar-refractivity contribution in [2.45, 2.75) is 65.7 Å². The third kappa shape index (κ3) is 13.2. The molecular weight excluding hydrogens is 770 g/mol. The average molecular weight is 833 g/mol. The Balaban J connectivity index is 0.000000154. The summed E-state index contributed by atoms with van der Waals surface area (Å²) >= 11 is 0. The van der Waals surface area contributed by atoms with Gasteiger partial charge in [0.15, 0.2) is 0 Å². The fourth-order valence-electron chi connectivity index (χ4n) is 7.38. The van der Waals surface area contributed by atoms with Crippen LogP contribution in [0.1, 0.15) is 67.9 Å². The van der Waals surface area contributed by atoms with Gasteiger partial charge in [0.25, 0.3) is 0 Å². The monoisotopic (exact) mass is 832 g/mol. The van der Waals surface area contributed by atoms with Crippen molar-refractivity contribution in [3.63, 3.8) is 0 Å². The Morgan fingerprint density at radius 2 is 1.30 bits per heavy atom. The van der Waals surface area contributed by atoms with Gasteiger partial charge < -0.3 is 44.2 Å². The van der Waals surface area contributed by atoms with Gasteiger partial charge in [0.05, 0.1) is 0 Å². The molecule has 1 unspecified atom stereocenters. The number of hydrogen-bond donors (Lipinski definition) is 5. The minimum absolute atomic E-state index is 0.165. The van der Waals surface area contributed by atoms with Gasteiger partial charge in [0.2, 0.25) is 0 Å². The molecule has 1 atom stereocenters. The molecule has 0 amide bonds. The summed E-state index contributed by atoms with van der Waals surface area (Å²) < 4.78 is 15.6. The summed E-state index contributed by atoms with van der Waals surface area (Å²) in [4.78, 5) is 33.6. The number of H-pyrrole nitrogens is 3. The lowest BCUT2D eigenvalue weighted by molar-refractivity contribution is -0.211. The molecule has 7 aromatic rings. The van der Waals surface area contributed by atoms with Gasteiger partial charge in [-0.3, -0.25) is 4.57 Å². The van der Waals surface area contributed by atoms with Crippen molar-refractivity contribution in [2.75, 3.05) is 41.3 Å². The molecule has 11 heteroatoms. The highest BCUT2D eigenvalue weighted by atomic mass is 31.2. The predicted octanol–water partition coefficient (Wildman–Crippen LogP) is 10.3. The molecule has 60 heavy (non-hydrogen) atoms. The van der Waals surface area contributed by atoms with Crippen LogP contribution in [0.5, 0.6) is 11.5 Å². The molecule has 5 N–H and O–H groups in total. The number of aryl methyl sites for hydroxylation is 2. The van der Waals surface area contributed by atoms with Crippen LogP contribution in [0.3, 0.4) is 0 Å². The van der Waals surface area contributed by atoms with Crippen molar-refractivity contribution in [1.82, 2.24) is 24.8 Å². The molecule has 0 saturated carbocycles. The lowest BCUT2D eigenvalue weighted by Gasteiger charge is -2.17. The molecule has 0 fully saturated rings. The highest BCUT2D eigenvalue weighted by Gasteiger charge is 2.15. The molecule has 0 radical (unpaired) electrons. The van der Waals surface area contributed by atoms with Crippen LogP contribution in [0.4, 0.5) is 0 Å². The summed E-state index contributed by atoms with van der Waals surface area (Å²) in [5.74, 6) is 1.09. The third-order valence-electron chi connectivity index (χ3n) is 10.5. The van der Waals surface area contributed by atoms with Crippen LogP contribution in [0.2, 0.25) is 0 Å². The predicted molar refractivity (Wildman–Crippen MR) is 248 cm³/mol. The number of likely N-dealkylation sites (N-methyl/N-ethyl adjacent to an activating group) is 1. The second kappa shape index (κ2) is 22.0. The molecule has 1 aliphatic carbocycles. The Morgan fingerprint density at radius 1 is 0.717 bits per heavy atom. The van der Waals surface area contributed by atoms with Crippen LogP contribution in [-0.4, -0.2) is 76.0 Å². The fraction of sp³-hybridized carbons (Fsp3) is 0.347. The van der Waals surface area contributed by atoms with Crippen molar-refractivity contribution in [3.8, 4) is 11.5 Å². The van der Waals surface area contributed by atoms with Crippen molar-refractivity contribution in [1.29, 1.82) is 0 Å². The largest absolute Gasteiger partial charge is 0.746 e. The molecule has 3 heterocycles. The number of phenolic OH excluding ortho intramolecular Hbond substituents is 1. The molecule has 0 saturated heterocycles. The Hall–Kier alpha value is -5.09. The van der Waals surface area contributed by atoms with Crippen molar-refractivity contribution in [2.24, 2.45) is 5.92 Å². The van der Waals surface area contributed by atoms with Crippen molar-refractivity contribution >= 4 is 46.1 Å². The quantitative estimate of drug-likeness (QED) is 0.0728. The first kappa shape index (κ1) is 46.0. The van der Waals surface area contributed by atoms with E-state index in [0.717, 1.165) is 60.8 Å². The Labute approximate surface area is 355 Å². The third-order valence-corrected chi connectivity index (χ3v) is 10.9. The number of nitrogens with zero attached hydrogens (tertiary/aromatic N) is 2. The number of aromatic amines is 3. The lowest BCUT2D eigenvalue weighted by Crippen LogP contribution is -2.14. The number of aromatic hydroxyl groups is 1. The first-order valence-corrected chi connectivity index (χ1v) is 22.5. The molecule has 8 rings (SSSR count). The van der Waals surface area contributed by atoms with Crippen LogP contribution in [0.15, 0.2) is 110 Å². The molecule has 0 spiro atoms. The summed E-state index contributed by atoms with van der Waals surface area (Å²) in [5, 5.41) is 12.8. The number of aromatic nitrogens is 3. The van der Waals surface area contributed by atoms with E-state index in [4.69, 9.17) is 4.89 Å². The van der Waals surface area contributed by atoms with E-state index in [9.17, 15) is 14.6 Å². The van der Waals surface area contributed by atoms with Crippen LogP contribution in [0.25, 0.3) is 38.3 Å². The molecule has 0 aliphatic heterocycles. The fourth-order valence-corrected chi connectivity index (χ4v) is 7.78. The number of rotatable bonds is 13. The zero-order valence-corrected chi connectivity index (χ0v) is 37.2. The highest BCUT2D eigenvalue weighted by Crippen LogP contribution is 2.39.